The van der Waals surface area contributed by atoms with Crippen molar-refractivity contribution in [1.29, 1.82) is 0 Å². The van der Waals surface area contributed by atoms with E-state index in [1.54, 1.807) is 0 Å². The van der Waals surface area contributed by atoms with Gasteiger partial charge in [0.2, 0.25) is 11.8 Å². The molecule has 1 heterocycles. The molecule has 3 amide bonds. The lowest BCUT2D eigenvalue weighted by Gasteiger charge is -2.19. The number of esters is 1. The standard InChI is InChI=1S/C13H18N2O5/c1-7(11(14)17)20-10(16)6-15-12(18)8-4-2-3-5-9(8)13(15)19/h7-9H,2-6H2,1H3,(H2,14,17)/t7-,8+,9+/m1/s1. The van der Waals surface area contributed by atoms with Crippen molar-refractivity contribution < 1.29 is 23.9 Å². The van der Waals surface area contributed by atoms with Crippen LogP contribution in [0.3, 0.4) is 0 Å². The molecule has 20 heavy (non-hydrogen) atoms. The maximum absolute atomic E-state index is 12.1. The average Bonchev–Trinajstić information content (AvgIpc) is 2.64. The number of carbonyl (C=O) groups is 4. The molecule has 0 bridgehead atoms. The van der Waals surface area contributed by atoms with Crippen molar-refractivity contribution in [3.05, 3.63) is 0 Å². The van der Waals surface area contributed by atoms with Crippen LogP contribution in [0.15, 0.2) is 0 Å². The van der Waals surface area contributed by atoms with Crippen LogP contribution in [0.4, 0.5) is 0 Å². The second-order valence-corrected chi connectivity index (χ2v) is 5.29. The molecule has 0 radical (unpaired) electrons. The van der Waals surface area contributed by atoms with Gasteiger partial charge in [0.15, 0.2) is 6.10 Å². The number of hydrogen-bond donors (Lipinski definition) is 1. The number of likely N-dealkylation sites (tertiary alicyclic amines) is 1. The lowest BCUT2D eigenvalue weighted by Crippen LogP contribution is -2.39. The zero-order valence-corrected chi connectivity index (χ0v) is 11.3. The van der Waals surface area contributed by atoms with E-state index in [0.717, 1.165) is 17.7 Å². The summed E-state index contributed by atoms with van der Waals surface area (Å²) < 4.78 is 4.76. The molecule has 0 aromatic carbocycles. The maximum atomic E-state index is 12.1. The molecule has 0 aromatic heterocycles. The van der Waals surface area contributed by atoms with E-state index in [0.29, 0.717) is 12.8 Å². The molecule has 1 saturated heterocycles. The van der Waals surface area contributed by atoms with Crippen molar-refractivity contribution in [2.24, 2.45) is 17.6 Å². The summed E-state index contributed by atoms with van der Waals surface area (Å²) in [7, 11) is 0. The fraction of sp³-hybridized carbons (Fsp3) is 0.692. The fourth-order valence-corrected chi connectivity index (χ4v) is 2.81. The molecule has 1 aliphatic heterocycles. The quantitative estimate of drug-likeness (QED) is 0.556. The van der Waals surface area contributed by atoms with Gasteiger partial charge in [0.25, 0.3) is 5.91 Å². The highest BCUT2D eigenvalue weighted by atomic mass is 16.5. The summed E-state index contributed by atoms with van der Waals surface area (Å²) in [4.78, 5) is 47.6. The zero-order valence-electron chi connectivity index (χ0n) is 11.3. The number of hydrogen-bond acceptors (Lipinski definition) is 5. The van der Waals surface area contributed by atoms with Crippen LogP contribution in [-0.4, -0.2) is 41.2 Å². The SMILES string of the molecule is C[C@@H](OC(=O)CN1C(=O)[C@H]2CCCC[C@@H]2C1=O)C(N)=O. The summed E-state index contributed by atoms with van der Waals surface area (Å²) in [6.45, 7) is 0.899. The van der Waals surface area contributed by atoms with Crippen LogP contribution in [0.25, 0.3) is 0 Å². The van der Waals surface area contributed by atoms with E-state index in [4.69, 9.17) is 10.5 Å². The third-order valence-electron chi connectivity index (χ3n) is 3.93. The summed E-state index contributed by atoms with van der Waals surface area (Å²) in [5.41, 5.74) is 4.98. The summed E-state index contributed by atoms with van der Waals surface area (Å²) in [6.07, 6.45) is 2.17. The average molecular weight is 282 g/mol. The number of rotatable bonds is 4. The first-order valence-electron chi connectivity index (χ1n) is 6.76. The molecule has 1 saturated carbocycles. The summed E-state index contributed by atoms with van der Waals surface area (Å²) in [5.74, 6) is -2.76. The van der Waals surface area contributed by atoms with Crippen molar-refractivity contribution in [2.45, 2.75) is 38.7 Å². The molecule has 7 heteroatoms. The Morgan fingerprint density at radius 3 is 2.20 bits per heavy atom. The number of primary amides is 1. The van der Waals surface area contributed by atoms with Crippen molar-refractivity contribution in [1.82, 2.24) is 4.90 Å². The van der Waals surface area contributed by atoms with Gasteiger partial charge in [-0.2, -0.15) is 0 Å². The normalized spacial score (nSPS) is 27.1. The van der Waals surface area contributed by atoms with Gasteiger partial charge < -0.3 is 10.5 Å². The second kappa shape index (κ2) is 5.60. The lowest BCUT2D eigenvalue weighted by molar-refractivity contribution is -0.158. The van der Waals surface area contributed by atoms with E-state index >= 15 is 0 Å². The third kappa shape index (κ3) is 2.66. The van der Waals surface area contributed by atoms with Gasteiger partial charge >= 0.3 is 5.97 Å². The minimum Gasteiger partial charge on any atom is -0.451 e. The first-order chi connectivity index (χ1) is 9.41. The maximum Gasteiger partial charge on any atom is 0.326 e. The van der Waals surface area contributed by atoms with Crippen molar-refractivity contribution in [2.75, 3.05) is 6.54 Å². The van der Waals surface area contributed by atoms with Gasteiger partial charge in [-0.15, -0.1) is 0 Å². The topological polar surface area (TPSA) is 107 Å². The summed E-state index contributed by atoms with van der Waals surface area (Å²) in [5, 5.41) is 0. The molecule has 110 valence electrons. The summed E-state index contributed by atoms with van der Waals surface area (Å²) in [6, 6.07) is 0. The number of nitrogens with two attached hydrogens (primary N) is 1. The van der Waals surface area contributed by atoms with Crippen LogP contribution >= 0.6 is 0 Å². The lowest BCUT2D eigenvalue weighted by atomic mass is 9.81. The predicted octanol–water partition coefficient (Wildman–Crippen LogP) is -0.421. The van der Waals surface area contributed by atoms with Crippen LogP contribution in [0.5, 0.6) is 0 Å². The van der Waals surface area contributed by atoms with Gasteiger partial charge in [-0.05, 0) is 19.8 Å². The molecular weight excluding hydrogens is 264 g/mol. The Hall–Kier alpha value is -1.92. The van der Waals surface area contributed by atoms with E-state index in [1.807, 2.05) is 0 Å². The molecule has 2 rings (SSSR count). The van der Waals surface area contributed by atoms with Crippen LogP contribution in [-0.2, 0) is 23.9 Å². The molecule has 2 aliphatic rings. The number of nitrogens with zero attached hydrogens (tertiary/aromatic N) is 1. The fourth-order valence-electron chi connectivity index (χ4n) is 2.81. The Morgan fingerprint density at radius 1 is 1.25 bits per heavy atom. The van der Waals surface area contributed by atoms with Gasteiger partial charge in [0, 0.05) is 0 Å². The van der Waals surface area contributed by atoms with Crippen LogP contribution < -0.4 is 5.73 Å². The van der Waals surface area contributed by atoms with Crippen LogP contribution in [0.1, 0.15) is 32.6 Å². The number of carbonyl (C=O) groups excluding carboxylic acids is 4. The van der Waals surface area contributed by atoms with Crippen molar-refractivity contribution >= 4 is 23.7 Å². The molecular formula is C13H18N2O5. The molecule has 1 aliphatic carbocycles. The minimum absolute atomic E-state index is 0.294. The Balaban J connectivity index is 1.99. The van der Waals surface area contributed by atoms with Gasteiger partial charge in [-0.1, -0.05) is 12.8 Å². The van der Waals surface area contributed by atoms with E-state index in [-0.39, 0.29) is 23.7 Å². The Morgan fingerprint density at radius 2 is 1.75 bits per heavy atom. The molecule has 2 N–H and O–H groups in total. The van der Waals surface area contributed by atoms with Crippen LogP contribution in [0, 0.1) is 11.8 Å². The molecule has 0 spiro atoms. The van der Waals surface area contributed by atoms with E-state index < -0.39 is 24.5 Å². The second-order valence-electron chi connectivity index (χ2n) is 5.29. The highest BCUT2D eigenvalue weighted by molar-refractivity contribution is 6.07. The summed E-state index contributed by atoms with van der Waals surface area (Å²) >= 11 is 0. The molecule has 0 unspecified atom stereocenters. The highest BCUT2D eigenvalue weighted by Crippen LogP contribution is 2.37. The van der Waals surface area contributed by atoms with Crippen molar-refractivity contribution in [3.63, 3.8) is 0 Å². The van der Waals surface area contributed by atoms with E-state index in [1.165, 1.54) is 6.92 Å². The Kier molecular flexibility index (Phi) is 4.06. The molecule has 2 fully saturated rings. The number of ether oxygens (including phenoxy) is 1. The first kappa shape index (κ1) is 14.5. The monoisotopic (exact) mass is 282 g/mol. The van der Waals surface area contributed by atoms with E-state index in [2.05, 4.69) is 0 Å². The number of amides is 3. The largest absolute Gasteiger partial charge is 0.451 e. The third-order valence-corrected chi connectivity index (χ3v) is 3.93. The molecule has 3 atom stereocenters. The number of imide groups is 1. The first-order valence-corrected chi connectivity index (χ1v) is 6.76. The minimum atomic E-state index is -1.07. The molecule has 0 aromatic rings. The Labute approximate surface area is 116 Å². The van der Waals surface area contributed by atoms with E-state index in [9.17, 15) is 19.2 Å². The zero-order chi connectivity index (χ0) is 14.9. The molecule has 7 nitrogen and oxygen atoms in total. The Bertz CT molecular complexity index is 438. The van der Waals surface area contributed by atoms with Gasteiger partial charge in [-0.25, -0.2) is 0 Å². The predicted molar refractivity (Wildman–Crippen MR) is 66.9 cm³/mol. The van der Waals surface area contributed by atoms with Crippen molar-refractivity contribution in [3.8, 4) is 0 Å². The number of fused-ring (bicyclic) bond motifs is 1. The van der Waals surface area contributed by atoms with Crippen LogP contribution in [0.2, 0.25) is 0 Å². The van der Waals surface area contributed by atoms with Gasteiger partial charge in [0.05, 0.1) is 11.8 Å². The van der Waals surface area contributed by atoms with Gasteiger partial charge in [0.1, 0.15) is 6.54 Å². The highest BCUT2D eigenvalue weighted by Gasteiger charge is 2.48. The smallest absolute Gasteiger partial charge is 0.326 e. The van der Waals surface area contributed by atoms with Gasteiger partial charge in [-0.3, -0.25) is 24.1 Å².